The topological polar surface area (TPSA) is 53.4 Å². The number of hydrogen-bond donors (Lipinski definition) is 1. The van der Waals surface area contributed by atoms with Crippen LogP contribution in [0.4, 0.5) is 5.13 Å². The Morgan fingerprint density at radius 3 is 2.59 bits per heavy atom. The van der Waals surface area contributed by atoms with Crippen molar-refractivity contribution in [1.82, 2.24) is 4.98 Å². The predicted octanol–water partition coefficient (Wildman–Crippen LogP) is 5.93. The first kappa shape index (κ1) is 20.3. The Labute approximate surface area is 170 Å². The highest BCUT2D eigenvalue weighted by molar-refractivity contribution is 7.14. The number of rotatable bonds is 9. The quantitative estimate of drug-likeness (QED) is 0.560. The monoisotopic (exact) mass is 406 g/mol. The zero-order valence-electron chi connectivity index (χ0n) is 16.3. The highest BCUT2D eigenvalue weighted by Crippen LogP contribution is 2.38. The first-order valence-corrected chi connectivity index (χ1v) is 11.8. The number of aryl methyl sites for hydroxylation is 1. The number of thiophene rings is 1. The molecule has 1 N–H and O–H groups in total. The van der Waals surface area contributed by atoms with Gasteiger partial charge in [-0.3, -0.25) is 4.79 Å². The van der Waals surface area contributed by atoms with Gasteiger partial charge in [0.25, 0.3) is 0 Å². The zero-order chi connectivity index (χ0) is 19.2. The molecule has 1 saturated carbocycles. The van der Waals surface area contributed by atoms with Crippen LogP contribution in [-0.4, -0.2) is 22.6 Å². The fourth-order valence-corrected chi connectivity index (χ4v) is 5.74. The van der Waals surface area contributed by atoms with Gasteiger partial charge in [-0.05, 0) is 50.2 Å². The van der Waals surface area contributed by atoms with Crippen LogP contribution in [0.1, 0.15) is 73.7 Å². The van der Waals surface area contributed by atoms with Gasteiger partial charge in [0.15, 0.2) is 5.13 Å². The summed E-state index contributed by atoms with van der Waals surface area (Å²) in [6.45, 7) is 5.71. The van der Waals surface area contributed by atoms with Crippen molar-refractivity contribution in [2.45, 2.75) is 71.3 Å². The molecule has 1 aliphatic rings. The van der Waals surface area contributed by atoms with E-state index in [2.05, 4.69) is 36.3 Å². The Morgan fingerprint density at radius 1 is 1.22 bits per heavy atom. The SMILES string of the molecule is CCc1ccc(CN(CCC(=O)O)c2nc(C3CCC(CC)CC3)cs2)s1. The molecule has 0 unspecified atom stereocenters. The summed E-state index contributed by atoms with van der Waals surface area (Å²) in [4.78, 5) is 20.8. The molecule has 0 spiro atoms. The van der Waals surface area contributed by atoms with Crippen LogP contribution < -0.4 is 4.90 Å². The highest BCUT2D eigenvalue weighted by atomic mass is 32.1. The molecule has 148 valence electrons. The number of nitrogens with zero attached hydrogens (tertiary/aromatic N) is 2. The van der Waals surface area contributed by atoms with Crippen LogP contribution in [0.3, 0.4) is 0 Å². The van der Waals surface area contributed by atoms with Gasteiger partial charge >= 0.3 is 5.97 Å². The second-order valence-electron chi connectivity index (χ2n) is 7.47. The molecule has 0 amide bonds. The van der Waals surface area contributed by atoms with E-state index >= 15 is 0 Å². The summed E-state index contributed by atoms with van der Waals surface area (Å²) in [6.07, 6.45) is 7.57. The molecule has 0 radical (unpaired) electrons. The first-order chi connectivity index (χ1) is 13.1. The number of hydrogen-bond acceptors (Lipinski definition) is 5. The molecule has 0 saturated heterocycles. The molecule has 6 heteroatoms. The van der Waals surface area contributed by atoms with Crippen LogP contribution >= 0.6 is 22.7 Å². The first-order valence-electron chi connectivity index (χ1n) is 10.1. The molecule has 2 heterocycles. The number of aliphatic carboxylic acids is 1. The van der Waals surface area contributed by atoms with Crippen molar-refractivity contribution in [3.05, 3.63) is 33.0 Å². The van der Waals surface area contributed by atoms with E-state index in [0.717, 1.165) is 24.0 Å². The van der Waals surface area contributed by atoms with Crippen LogP contribution in [0, 0.1) is 5.92 Å². The van der Waals surface area contributed by atoms with E-state index < -0.39 is 5.97 Å². The van der Waals surface area contributed by atoms with E-state index in [0.29, 0.717) is 12.5 Å². The summed E-state index contributed by atoms with van der Waals surface area (Å²) in [6, 6.07) is 4.34. The molecule has 2 aromatic heterocycles. The lowest BCUT2D eigenvalue weighted by Crippen LogP contribution is -2.25. The minimum absolute atomic E-state index is 0.141. The van der Waals surface area contributed by atoms with Gasteiger partial charge in [0, 0.05) is 27.6 Å². The second kappa shape index (κ2) is 9.69. The average molecular weight is 407 g/mol. The normalized spacial score (nSPS) is 19.9. The minimum Gasteiger partial charge on any atom is -0.481 e. The smallest absolute Gasteiger partial charge is 0.305 e. The Bertz CT molecular complexity index is 732. The van der Waals surface area contributed by atoms with Crippen molar-refractivity contribution in [2.24, 2.45) is 5.92 Å². The van der Waals surface area contributed by atoms with E-state index in [9.17, 15) is 4.79 Å². The summed E-state index contributed by atoms with van der Waals surface area (Å²) in [5, 5.41) is 12.3. The third-order valence-electron chi connectivity index (χ3n) is 5.63. The molecule has 27 heavy (non-hydrogen) atoms. The summed E-state index contributed by atoms with van der Waals surface area (Å²) in [5.74, 6) is 0.709. The van der Waals surface area contributed by atoms with E-state index in [1.807, 2.05) is 11.3 Å². The maximum Gasteiger partial charge on any atom is 0.305 e. The molecule has 0 bridgehead atoms. The zero-order valence-corrected chi connectivity index (χ0v) is 18.0. The van der Waals surface area contributed by atoms with Crippen LogP contribution in [0.25, 0.3) is 0 Å². The molecular weight excluding hydrogens is 376 g/mol. The van der Waals surface area contributed by atoms with Crippen molar-refractivity contribution < 1.29 is 9.90 Å². The van der Waals surface area contributed by atoms with E-state index in [1.54, 1.807) is 11.3 Å². The molecule has 0 aliphatic heterocycles. The Morgan fingerprint density at radius 2 is 1.96 bits per heavy atom. The molecule has 2 aromatic rings. The molecule has 4 nitrogen and oxygen atoms in total. The Balaban J connectivity index is 1.70. The van der Waals surface area contributed by atoms with Crippen molar-refractivity contribution in [3.8, 4) is 0 Å². The van der Waals surface area contributed by atoms with Crippen molar-refractivity contribution in [3.63, 3.8) is 0 Å². The van der Waals surface area contributed by atoms with E-state index in [-0.39, 0.29) is 6.42 Å². The highest BCUT2D eigenvalue weighted by Gasteiger charge is 2.24. The van der Waals surface area contributed by atoms with Gasteiger partial charge in [-0.25, -0.2) is 4.98 Å². The molecule has 0 aromatic carbocycles. The van der Waals surface area contributed by atoms with Crippen LogP contribution in [-0.2, 0) is 17.8 Å². The average Bonchev–Trinajstić information content (AvgIpc) is 3.34. The summed E-state index contributed by atoms with van der Waals surface area (Å²) in [7, 11) is 0. The van der Waals surface area contributed by atoms with Gasteiger partial charge in [-0.2, -0.15) is 0 Å². The minimum atomic E-state index is -0.755. The number of thiazole rings is 1. The number of carboxylic acid groups (broad SMARTS) is 1. The largest absolute Gasteiger partial charge is 0.481 e. The number of anilines is 1. The lowest BCUT2D eigenvalue weighted by molar-refractivity contribution is -0.136. The van der Waals surface area contributed by atoms with Crippen LogP contribution in [0.5, 0.6) is 0 Å². The maximum atomic E-state index is 11.1. The van der Waals surface area contributed by atoms with E-state index in [4.69, 9.17) is 10.1 Å². The standard InChI is InChI=1S/C21H30N2O2S2/c1-3-15-5-7-16(8-6-15)19-14-26-21(22-19)23(12-11-20(24)25)13-18-10-9-17(4-2)27-18/h9-10,14-16H,3-8,11-13H2,1-2H3,(H,24,25). The second-order valence-corrected chi connectivity index (χ2v) is 9.56. The van der Waals surface area contributed by atoms with Gasteiger partial charge in [-0.1, -0.05) is 20.3 Å². The van der Waals surface area contributed by atoms with Gasteiger partial charge in [-0.15, -0.1) is 22.7 Å². The molecule has 1 fully saturated rings. The summed E-state index contributed by atoms with van der Waals surface area (Å²) in [5.41, 5.74) is 1.21. The van der Waals surface area contributed by atoms with Crippen LogP contribution in [0.15, 0.2) is 17.5 Å². The van der Waals surface area contributed by atoms with Gasteiger partial charge in [0.05, 0.1) is 18.7 Å². The Hall–Kier alpha value is -1.40. The lowest BCUT2D eigenvalue weighted by atomic mass is 9.80. The fourth-order valence-electron chi connectivity index (χ4n) is 3.83. The number of carbonyl (C=O) groups is 1. The number of aromatic nitrogens is 1. The van der Waals surface area contributed by atoms with Crippen molar-refractivity contribution in [2.75, 3.05) is 11.4 Å². The summed E-state index contributed by atoms with van der Waals surface area (Å²) < 4.78 is 0. The molecule has 1 aliphatic carbocycles. The molecule has 0 atom stereocenters. The van der Waals surface area contributed by atoms with E-state index in [1.165, 1.54) is 47.6 Å². The fraction of sp³-hybridized carbons (Fsp3) is 0.619. The third kappa shape index (κ3) is 5.55. The van der Waals surface area contributed by atoms with Crippen molar-refractivity contribution in [1.29, 1.82) is 0 Å². The number of carboxylic acids is 1. The van der Waals surface area contributed by atoms with Gasteiger partial charge in [0.2, 0.25) is 0 Å². The third-order valence-corrected chi connectivity index (χ3v) is 7.76. The van der Waals surface area contributed by atoms with Crippen LogP contribution in [0.2, 0.25) is 0 Å². The maximum absolute atomic E-state index is 11.1. The van der Waals surface area contributed by atoms with Gasteiger partial charge < -0.3 is 10.0 Å². The predicted molar refractivity (Wildman–Crippen MR) is 114 cm³/mol. The lowest BCUT2D eigenvalue weighted by Gasteiger charge is -2.26. The molecule has 3 rings (SSSR count). The Kier molecular flexibility index (Phi) is 7.30. The van der Waals surface area contributed by atoms with Gasteiger partial charge in [0.1, 0.15) is 0 Å². The van der Waals surface area contributed by atoms with Crippen molar-refractivity contribution >= 4 is 33.8 Å². The summed E-state index contributed by atoms with van der Waals surface area (Å²) >= 11 is 3.48. The molecular formula is C21H30N2O2S2.